The van der Waals surface area contributed by atoms with Gasteiger partial charge in [0.25, 0.3) is 0 Å². The molecule has 0 spiro atoms. The van der Waals surface area contributed by atoms with E-state index in [4.69, 9.17) is 4.74 Å². The molecule has 0 unspecified atom stereocenters. The number of benzene rings is 1. The SMILES string of the molecule is CC(=O)C[C@@H](C(C)C)[C@]1(c2ccccc2)C=CC(=O)O1. The van der Waals surface area contributed by atoms with Gasteiger partial charge in [0, 0.05) is 18.4 Å². The van der Waals surface area contributed by atoms with Gasteiger partial charge in [-0.3, -0.25) is 0 Å². The van der Waals surface area contributed by atoms with E-state index in [2.05, 4.69) is 13.8 Å². The van der Waals surface area contributed by atoms with Gasteiger partial charge < -0.3 is 9.53 Å². The van der Waals surface area contributed by atoms with Crippen molar-refractivity contribution < 1.29 is 14.3 Å². The number of cyclic esters (lactones) is 1. The fraction of sp³-hybridized carbons (Fsp3) is 0.412. The molecule has 0 N–H and O–H groups in total. The van der Waals surface area contributed by atoms with Gasteiger partial charge in [0.15, 0.2) is 5.60 Å². The summed E-state index contributed by atoms with van der Waals surface area (Å²) < 4.78 is 5.66. The predicted molar refractivity (Wildman–Crippen MR) is 77.0 cm³/mol. The Balaban J connectivity index is 2.49. The summed E-state index contributed by atoms with van der Waals surface area (Å²) in [6.45, 7) is 5.69. The number of ketones is 1. The second kappa shape index (κ2) is 5.61. The number of carbonyl (C=O) groups is 2. The first kappa shape index (κ1) is 14.5. The average Bonchev–Trinajstić information content (AvgIpc) is 2.80. The van der Waals surface area contributed by atoms with Crippen molar-refractivity contribution in [3.63, 3.8) is 0 Å². The van der Waals surface area contributed by atoms with E-state index >= 15 is 0 Å². The third kappa shape index (κ3) is 2.67. The fourth-order valence-corrected chi connectivity index (χ4v) is 2.89. The molecule has 3 nitrogen and oxygen atoms in total. The van der Waals surface area contributed by atoms with Crippen LogP contribution < -0.4 is 0 Å². The van der Waals surface area contributed by atoms with Gasteiger partial charge in [-0.15, -0.1) is 0 Å². The molecule has 20 heavy (non-hydrogen) atoms. The monoisotopic (exact) mass is 272 g/mol. The van der Waals surface area contributed by atoms with Gasteiger partial charge in [0.2, 0.25) is 0 Å². The van der Waals surface area contributed by atoms with Crippen molar-refractivity contribution in [1.29, 1.82) is 0 Å². The van der Waals surface area contributed by atoms with E-state index in [0.29, 0.717) is 6.42 Å². The highest BCUT2D eigenvalue weighted by Crippen LogP contribution is 2.44. The number of hydrogen-bond donors (Lipinski definition) is 0. The van der Waals surface area contributed by atoms with Crippen LogP contribution in [0.4, 0.5) is 0 Å². The Bertz CT molecular complexity index is 530. The Morgan fingerprint density at radius 3 is 2.35 bits per heavy atom. The molecule has 0 aliphatic carbocycles. The molecule has 1 heterocycles. The van der Waals surface area contributed by atoms with Crippen molar-refractivity contribution in [2.24, 2.45) is 11.8 Å². The van der Waals surface area contributed by atoms with Gasteiger partial charge in [0.1, 0.15) is 5.78 Å². The lowest BCUT2D eigenvalue weighted by Gasteiger charge is -2.37. The van der Waals surface area contributed by atoms with Crippen LogP contribution in [-0.4, -0.2) is 11.8 Å². The Kier molecular flexibility index (Phi) is 4.07. The second-order valence-electron chi connectivity index (χ2n) is 5.67. The summed E-state index contributed by atoms with van der Waals surface area (Å²) in [5.74, 6) is -0.0850. The van der Waals surface area contributed by atoms with Crippen LogP contribution in [0.2, 0.25) is 0 Å². The molecule has 2 atom stereocenters. The summed E-state index contributed by atoms with van der Waals surface area (Å²) in [7, 11) is 0. The first-order valence-corrected chi connectivity index (χ1v) is 6.93. The van der Waals surface area contributed by atoms with Crippen LogP contribution in [0, 0.1) is 11.8 Å². The summed E-state index contributed by atoms with van der Waals surface area (Å²) in [5, 5.41) is 0. The van der Waals surface area contributed by atoms with Crippen LogP contribution in [0.25, 0.3) is 0 Å². The molecular formula is C17H20O3. The molecule has 2 rings (SSSR count). The van der Waals surface area contributed by atoms with Gasteiger partial charge in [-0.05, 0) is 24.5 Å². The van der Waals surface area contributed by atoms with Gasteiger partial charge >= 0.3 is 5.97 Å². The number of Topliss-reactive ketones (excluding diaryl/α,β-unsaturated/α-hetero) is 1. The highest BCUT2D eigenvalue weighted by molar-refractivity contribution is 5.86. The van der Waals surface area contributed by atoms with Crippen LogP contribution >= 0.6 is 0 Å². The van der Waals surface area contributed by atoms with Crippen molar-refractivity contribution in [2.75, 3.05) is 0 Å². The standard InChI is InChI=1S/C17H20O3/c1-12(2)15(11-13(3)18)17(10-9-16(19)20-17)14-7-5-4-6-8-14/h4-10,12,15H,11H2,1-3H3/t15-,17+/m0/s1. The van der Waals surface area contributed by atoms with Gasteiger partial charge in [-0.25, -0.2) is 4.79 Å². The molecule has 106 valence electrons. The lowest BCUT2D eigenvalue weighted by molar-refractivity contribution is -0.154. The molecule has 1 aromatic rings. The fourth-order valence-electron chi connectivity index (χ4n) is 2.89. The molecule has 0 aromatic heterocycles. The summed E-state index contributed by atoms with van der Waals surface area (Å²) in [6, 6.07) is 9.65. The van der Waals surface area contributed by atoms with Crippen molar-refractivity contribution in [1.82, 2.24) is 0 Å². The van der Waals surface area contributed by atoms with E-state index in [1.54, 1.807) is 13.0 Å². The minimum absolute atomic E-state index is 0.0647. The largest absolute Gasteiger partial charge is 0.446 e. The number of esters is 1. The molecule has 0 radical (unpaired) electrons. The second-order valence-corrected chi connectivity index (χ2v) is 5.67. The zero-order valence-corrected chi connectivity index (χ0v) is 12.1. The third-order valence-corrected chi connectivity index (χ3v) is 3.82. The molecular weight excluding hydrogens is 252 g/mol. The maximum Gasteiger partial charge on any atom is 0.331 e. The minimum atomic E-state index is -0.821. The van der Waals surface area contributed by atoms with Crippen LogP contribution in [-0.2, 0) is 19.9 Å². The molecule has 3 heteroatoms. The molecule has 1 aromatic carbocycles. The molecule has 0 saturated heterocycles. The molecule has 0 amide bonds. The predicted octanol–water partition coefficient (Wildman–Crippen LogP) is 3.25. The van der Waals surface area contributed by atoms with E-state index in [-0.39, 0.29) is 23.6 Å². The molecule has 0 fully saturated rings. The van der Waals surface area contributed by atoms with E-state index in [1.165, 1.54) is 6.08 Å². The molecule has 0 saturated carbocycles. The lowest BCUT2D eigenvalue weighted by atomic mass is 9.73. The lowest BCUT2D eigenvalue weighted by Crippen LogP contribution is -2.39. The smallest absolute Gasteiger partial charge is 0.331 e. The zero-order chi connectivity index (χ0) is 14.8. The normalized spacial score (nSPS) is 22.9. The Morgan fingerprint density at radius 1 is 1.25 bits per heavy atom. The average molecular weight is 272 g/mol. The van der Waals surface area contributed by atoms with Gasteiger partial charge in [0.05, 0.1) is 0 Å². The summed E-state index contributed by atoms with van der Waals surface area (Å²) in [5.41, 5.74) is 0.0973. The third-order valence-electron chi connectivity index (χ3n) is 3.82. The number of hydrogen-bond acceptors (Lipinski definition) is 3. The molecule has 0 bridgehead atoms. The van der Waals surface area contributed by atoms with E-state index in [0.717, 1.165) is 5.56 Å². The quantitative estimate of drug-likeness (QED) is 0.773. The highest BCUT2D eigenvalue weighted by atomic mass is 16.6. The molecule has 1 aliphatic rings. The van der Waals surface area contributed by atoms with Gasteiger partial charge in [-0.1, -0.05) is 44.2 Å². The maximum absolute atomic E-state index is 11.7. The van der Waals surface area contributed by atoms with Crippen molar-refractivity contribution in [2.45, 2.75) is 32.8 Å². The minimum Gasteiger partial charge on any atom is -0.446 e. The van der Waals surface area contributed by atoms with E-state index in [9.17, 15) is 9.59 Å². The Morgan fingerprint density at radius 2 is 1.90 bits per heavy atom. The van der Waals surface area contributed by atoms with Crippen molar-refractivity contribution in [3.8, 4) is 0 Å². The van der Waals surface area contributed by atoms with E-state index in [1.807, 2.05) is 30.3 Å². The Labute approximate surface area is 119 Å². The number of rotatable bonds is 5. The number of ether oxygens (including phenoxy) is 1. The maximum atomic E-state index is 11.7. The first-order chi connectivity index (χ1) is 9.45. The van der Waals surface area contributed by atoms with Crippen molar-refractivity contribution in [3.05, 3.63) is 48.0 Å². The van der Waals surface area contributed by atoms with E-state index < -0.39 is 5.60 Å². The molecule has 1 aliphatic heterocycles. The summed E-state index contributed by atoms with van der Waals surface area (Å²) in [6.07, 6.45) is 3.66. The van der Waals surface area contributed by atoms with Crippen LogP contribution in [0.15, 0.2) is 42.5 Å². The van der Waals surface area contributed by atoms with Crippen LogP contribution in [0.5, 0.6) is 0 Å². The highest BCUT2D eigenvalue weighted by Gasteiger charge is 2.46. The van der Waals surface area contributed by atoms with Crippen LogP contribution in [0.1, 0.15) is 32.8 Å². The van der Waals surface area contributed by atoms with Crippen LogP contribution in [0.3, 0.4) is 0 Å². The number of carbonyl (C=O) groups excluding carboxylic acids is 2. The Hall–Kier alpha value is -1.90. The van der Waals surface area contributed by atoms with Gasteiger partial charge in [-0.2, -0.15) is 0 Å². The first-order valence-electron chi connectivity index (χ1n) is 6.93. The van der Waals surface area contributed by atoms with Crippen molar-refractivity contribution >= 4 is 11.8 Å². The summed E-state index contributed by atoms with van der Waals surface area (Å²) in [4.78, 5) is 23.3. The zero-order valence-electron chi connectivity index (χ0n) is 12.1. The summed E-state index contributed by atoms with van der Waals surface area (Å²) >= 11 is 0. The topological polar surface area (TPSA) is 43.4 Å².